The van der Waals surface area contributed by atoms with E-state index >= 15 is 0 Å². The molecule has 0 saturated carbocycles. The fourth-order valence-electron chi connectivity index (χ4n) is 2.21. The van der Waals surface area contributed by atoms with Crippen molar-refractivity contribution in [3.8, 4) is 0 Å². The van der Waals surface area contributed by atoms with Crippen molar-refractivity contribution in [2.45, 2.75) is 24.8 Å². The highest BCUT2D eigenvalue weighted by molar-refractivity contribution is 7.89. The Kier molecular flexibility index (Phi) is 5.50. The SMILES string of the molecule is CCN(C(C)CN(C)C)S(=O)(=O)c1cc(N)cc(F)c1. The summed E-state index contributed by atoms with van der Waals surface area (Å²) in [6.07, 6.45) is 0. The number of hydrogen-bond acceptors (Lipinski definition) is 4. The summed E-state index contributed by atoms with van der Waals surface area (Å²) in [6.45, 7) is 4.47. The molecular weight excluding hydrogens is 281 g/mol. The summed E-state index contributed by atoms with van der Waals surface area (Å²) in [5.74, 6) is -0.653. The van der Waals surface area contributed by atoms with Crippen molar-refractivity contribution < 1.29 is 12.8 Å². The van der Waals surface area contributed by atoms with Gasteiger partial charge >= 0.3 is 0 Å². The first-order valence-corrected chi connectivity index (χ1v) is 7.85. The fraction of sp³-hybridized carbons (Fsp3) is 0.538. The molecule has 0 fully saturated rings. The van der Waals surface area contributed by atoms with E-state index in [2.05, 4.69) is 0 Å². The zero-order chi connectivity index (χ0) is 15.5. The molecule has 1 aromatic rings. The molecule has 0 aliphatic carbocycles. The number of benzene rings is 1. The number of hydrogen-bond donors (Lipinski definition) is 1. The molecular formula is C13H22FN3O2S. The van der Waals surface area contributed by atoms with Gasteiger partial charge < -0.3 is 10.6 Å². The van der Waals surface area contributed by atoms with E-state index in [-0.39, 0.29) is 16.6 Å². The van der Waals surface area contributed by atoms with Gasteiger partial charge in [-0.05, 0) is 39.2 Å². The summed E-state index contributed by atoms with van der Waals surface area (Å²) in [4.78, 5) is 1.80. The van der Waals surface area contributed by atoms with Gasteiger partial charge in [-0.25, -0.2) is 12.8 Å². The summed E-state index contributed by atoms with van der Waals surface area (Å²) in [6, 6.07) is 3.16. The Morgan fingerprint density at radius 3 is 2.35 bits per heavy atom. The molecule has 0 saturated heterocycles. The fourth-order valence-corrected chi connectivity index (χ4v) is 3.90. The minimum absolute atomic E-state index is 0.0971. The standard InChI is InChI=1S/C13H22FN3O2S/c1-5-17(10(2)9-16(3)4)20(18,19)13-7-11(14)6-12(15)8-13/h6-8,10H,5,9,15H2,1-4H3. The lowest BCUT2D eigenvalue weighted by atomic mass is 10.3. The Morgan fingerprint density at radius 1 is 1.30 bits per heavy atom. The van der Waals surface area contributed by atoms with E-state index in [1.54, 1.807) is 6.92 Å². The van der Waals surface area contributed by atoms with Crippen LogP contribution in [0.1, 0.15) is 13.8 Å². The van der Waals surface area contributed by atoms with Gasteiger partial charge in [-0.2, -0.15) is 4.31 Å². The minimum Gasteiger partial charge on any atom is -0.399 e. The predicted octanol–water partition coefficient (Wildman–Crippen LogP) is 1.37. The first-order chi connectivity index (χ1) is 9.18. The lowest BCUT2D eigenvalue weighted by Gasteiger charge is -2.29. The summed E-state index contributed by atoms with van der Waals surface area (Å²) in [5.41, 5.74) is 5.62. The molecule has 0 aliphatic rings. The maximum atomic E-state index is 13.4. The van der Waals surface area contributed by atoms with Crippen LogP contribution in [0.3, 0.4) is 0 Å². The number of nitrogens with zero attached hydrogens (tertiary/aromatic N) is 2. The highest BCUT2D eigenvalue weighted by Crippen LogP contribution is 2.21. The molecule has 1 aromatic carbocycles. The second-order valence-corrected chi connectivity index (χ2v) is 6.93. The van der Waals surface area contributed by atoms with Crippen LogP contribution in [0, 0.1) is 5.82 Å². The quantitative estimate of drug-likeness (QED) is 0.806. The molecule has 1 rings (SSSR count). The predicted molar refractivity (Wildman–Crippen MR) is 78.4 cm³/mol. The van der Waals surface area contributed by atoms with Crippen molar-refractivity contribution in [1.82, 2.24) is 9.21 Å². The average Bonchev–Trinajstić information content (AvgIpc) is 2.26. The van der Waals surface area contributed by atoms with E-state index < -0.39 is 15.8 Å². The normalized spacial score (nSPS) is 13.9. The number of anilines is 1. The minimum atomic E-state index is -3.75. The van der Waals surface area contributed by atoms with E-state index in [0.29, 0.717) is 13.1 Å². The molecule has 0 aromatic heterocycles. The van der Waals surface area contributed by atoms with Crippen LogP contribution in [-0.2, 0) is 10.0 Å². The van der Waals surface area contributed by atoms with Crippen molar-refractivity contribution in [3.05, 3.63) is 24.0 Å². The monoisotopic (exact) mass is 303 g/mol. The van der Waals surface area contributed by atoms with Gasteiger partial charge in [0.15, 0.2) is 0 Å². The van der Waals surface area contributed by atoms with Crippen molar-refractivity contribution in [2.24, 2.45) is 0 Å². The molecule has 7 heteroatoms. The van der Waals surface area contributed by atoms with Crippen LogP contribution < -0.4 is 5.73 Å². The van der Waals surface area contributed by atoms with Crippen molar-refractivity contribution >= 4 is 15.7 Å². The lowest BCUT2D eigenvalue weighted by Crippen LogP contribution is -2.43. The summed E-state index contributed by atoms with van der Waals surface area (Å²) >= 11 is 0. The zero-order valence-corrected chi connectivity index (χ0v) is 13.1. The summed E-state index contributed by atoms with van der Waals surface area (Å²) in [5, 5.41) is 0. The summed E-state index contributed by atoms with van der Waals surface area (Å²) < 4.78 is 39.9. The molecule has 1 atom stereocenters. The van der Waals surface area contributed by atoms with Gasteiger partial charge in [0.05, 0.1) is 4.90 Å². The van der Waals surface area contributed by atoms with Crippen LogP contribution >= 0.6 is 0 Å². The van der Waals surface area contributed by atoms with E-state index in [0.717, 1.165) is 12.1 Å². The Labute approximate surface area is 120 Å². The van der Waals surface area contributed by atoms with Crippen LogP contribution in [0.5, 0.6) is 0 Å². The summed E-state index contributed by atoms with van der Waals surface area (Å²) in [7, 11) is -0.0100. The van der Waals surface area contributed by atoms with Crippen LogP contribution in [0.15, 0.2) is 23.1 Å². The maximum Gasteiger partial charge on any atom is 0.243 e. The number of rotatable bonds is 6. The Bertz CT molecular complexity index is 540. The van der Waals surface area contributed by atoms with E-state index in [9.17, 15) is 12.8 Å². The van der Waals surface area contributed by atoms with Gasteiger partial charge in [0.1, 0.15) is 5.82 Å². The molecule has 0 amide bonds. The Balaban J connectivity index is 3.18. The van der Waals surface area contributed by atoms with Gasteiger partial charge in [0, 0.05) is 24.8 Å². The first-order valence-electron chi connectivity index (χ1n) is 6.41. The number of sulfonamides is 1. The maximum absolute atomic E-state index is 13.4. The van der Waals surface area contributed by atoms with Crippen LogP contribution in [0.25, 0.3) is 0 Å². The molecule has 0 bridgehead atoms. The molecule has 0 aliphatic heterocycles. The molecule has 5 nitrogen and oxygen atoms in total. The van der Waals surface area contributed by atoms with Crippen molar-refractivity contribution in [2.75, 3.05) is 32.9 Å². The van der Waals surface area contributed by atoms with E-state index in [4.69, 9.17) is 5.73 Å². The molecule has 2 N–H and O–H groups in total. The topological polar surface area (TPSA) is 66.6 Å². The Morgan fingerprint density at radius 2 is 1.90 bits per heavy atom. The van der Waals surface area contributed by atoms with Crippen LogP contribution in [0.4, 0.5) is 10.1 Å². The number of halogens is 1. The molecule has 1 unspecified atom stereocenters. The van der Waals surface area contributed by atoms with Gasteiger partial charge in [-0.15, -0.1) is 0 Å². The average molecular weight is 303 g/mol. The third-order valence-electron chi connectivity index (χ3n) is 2.93. The lowest BCUT2D eigenvalue weighted by molar-refractivity contribution is 0.271. The third kappa shape index (κ3) is 3.91. The number of likely N-dealkylation sites (N-methyl/N-ethyl adjacent to an activating group) is 2. The van der Waals surface area contributed by atoms with E-state index in [1.807, 2.05) is 25.9 Å². The molecule has 114 valence electrons. The van der Waals surface area contributed by atoms with Gasteiger partial charge in [0.2, 0.25) is 10.0 Å². The molecule has 0 heterocycles. The largest absolute Gasteiger partial charge is 0.399 e. The molecule has 0 radical (unpaired) electrons. The molecule has 20 heavy (non-hydrogen) atoms. The second kappa shape index (κ2) is 6.51. The van der Waals surface area contributed by atoms with Crippen molar-refractivity contribution in [3.63, 3.8) is 0 Å². The third-order valence-corrected chi connectivity index (χ3v) is 5.00. The first kappa shape index (κ1) is 16.9. The van der Waals surface area contributed by atoms with E-state index in [1.165, 1.54) is 10.4 Å². The van der Waals surface area contributed by atoms with Crippen LogP contribution in [-0.4, -0.2) is 50.8 Å². The molecule has 0 spiro atoms. The smallest absolute Gasteiger partial charge is 0.243 e. The Hall–Kier alpha value is -1.18. The van der Waals surface area contributed by atoms with Crippen molar-refractivity contribution in [1.29, 1.82) is 0 Å². The van der Waals surface area contributed by atoms with Gasteiger partial charge in [-0.1, -0.05) is 6.92 Å². The van der Waals surface area contributed by atoms with Crippen LogP contribution in [0.2, 0.25) is 0 Å². The number of nitrogens with two attached hydrogens (primary N) is 1. The zero-order valence-electron chi connectivity index (χ0n) is 12.3. The second-order valence-electron chi connectivity index (χ2n) is 5.04. The number of nitrogen functional groups attached to an aromatic ring is 1. The highest BCUT2D eigenvalue weighted by atomic mass is 32.2. The van der Waals surface area contributed by atoms with Gasteiger partial charge in [-0.3, -0.25) is 0 Å². The highest BCUT2D eigenvalue weighted by Gasteiger charge is 2.28. The van der Waals surface area contributed by atoms with Gasteiger partial charge in [0.25, 0.3) is 0 Å².